The third-order valence-electron chi connectivity index (χ3n) is 3.95. The molecule has 0 fully saturated rings. The van der Waals surface area contributed by atoms with Gasteiger partial charge in [-0.15, -0.1) is 0 Å². The van der Waals surface area contributed by atoms with Gasteiger partial charge in [0, 0.05) is 16.6 Å². The summed E-state index contributed by atoms with van der Waals surface area (Å²) in [5.74, 6) is -0.136. The van der Waals surface area contributed by atoms with Crippen LogP contribution in [0.1, 0.15) is 33.3 Å². The molecule has 0 bridgehead atoms. The van der Waals surface area contributed by atoms with Crippen LogP contribution in [-0.4, -0.2) is 23.0 Å². The van der Waals surface area contributed by atoms with Gasteiger partial charge in [-0.25, -0.2) is 0 Å². The second kappa shape index (κ2) is 6.20. The summed E-state index contributed by atoms with van der Waals surface area (Å²) in [6, 6.07) is 14.2. The number of nitrogens with zero attached hydrogens (tertiary/aromatic N) is 1. The highest BCUT2D eigenvalue weighted by molar-refractivity contribution is 6.12. The quantitative estimate of drug-likeness (QED) is 0.802. The van der Waals surface area contributed by atoms with E-state index >= 15 is 0 Å². The second-order valence-corrected chi connectivity index (χ2v) is 5.44. The lowest BCUT2D eigenvalue weighted by Crippen LogP contribution is -2.16. The van der Waals surface area contributed by atoms with Crippen molar-refractivity contribution in [2.24, 2.45) is 5.73 Å². The maximum absolute atomic E-state index is 13.0. The topological polar surface area (TPSA) is 74.3 Å². The van der Waals surface area contributed by atoms with E-state index in [2.05, 4.69) is 0 Å². The molecule has 1 aromatic heterocycles. The number of fused-ring (bicyclic) bond motifs is 1. The number of nitrogens with two attached hydrogens (primary N) is 1. The summed E-state index contributed by atoms with van der Waals surface area (Å²) in [4.78, 5) is 24.9. The lowest BCUT2D eigenvalue weighted by molar-refractivity contribution is 0.0962. The normalized spacial score (nSPS) is 10.8. The van der Waals surface area contributed by atoms with Crippen LogP contribution in [0.2, 0.25) is 0 Å². The standard InChI is InChI=1S/C19H18N2O3/c1-3-24-14-8-6-7-13(11-14)19(23)21-12(2)17(18(20)22)15-9-4-5-10-16(15)21/h4-11H,3H2,1-2H3,(H2,20,22). The molecule has 0 saturated carbocycles. The van der Waals surface area contributed by atoms with Gasteiger partial charge in [0.1, 0.15) is 5.75 Å². The zero-order valence-electron chi connectivity index (χ0n) is 13.6. The Balaban J connectivity index is 2.19. The first kappa shape index (κ1) is 15.8. The molecule has 5 heteroatoms. The first-order valence-electron chi connectivity index (χ1n) is 7.72. The summed E-state index contributed by atoms with van der Waals surface area (Å²) in [6.45, 7) is 4.14. The van der Waals surface area contributed by atoms with E-state index in [0.717, 1.165) is 0 Å². The van der Waals surface area contributed by atoms with E-state index in [1.54, 1.807) is 43.3 Å². The van der Waals surface area contributed by atoms with Crippen molar-refractivity contribution >= 4 is 22.7 Å². The van der Waals surface area contributed by atoms with Crippen LogP contribution < -0.4 is 10.5 Å². The number of primary amides is 1. The SMILES string of the molecule is CCOc1cccc(C(=O)n2c(C)c(C(N)=O)c3ccccc32)c1. The Labute approximate surface area is 139 Å². The fraction of sp³-hybridized carbons (Fsp3) is 0.158. The summed E-state index contributed by atoms with van der Waals surface area (Å²) in [5.41, 5.74) is 7.57. The molecule has 0 atom stereocenters. The van der Waals surface area contributed by atoms with Gasteiger partial charge in [0.2, 0.25) is 0 Å². The maximum atomic E-state index is 13.0. The molecule has 2 N–H and O–H groups in total. The van der Waals surface area contributed by atoms with Crippen LogP contribution in [0.4, 0.5) is 0 Å². The van der Waals surface area contributed by atoms with Gasteiger partial charge in [-0.3, -0.25) is 14.2 Å². The van der Waals surface area contributed by atoms with Gasteiger partial charge in [-0.05, 0) is 38.1 Å². The predicted molar refractivity (Wildman–Crippen MR) is 92.5 cm³/mol. The molecule has 0 aliphatic carbocycles. The molecular weight excluding hydrogens is 304 g/mol. The first-order valence-corrected chi connectivity index (χ1v) is 7.72. The minimum atomic E-state index is -0.543. The molecule has 5 nitrogen and oxygen atoms in total. The van der Waals surface area contributed by atoms with Crippen molar-refractivity contribution in [1.82, 2.24) is 4.57 Å². The number of aromatic nitrogens is 1. The molecule has 0 spiro atoms. The van der Waals surface area contributed by atoms with Crippen LogP contribution in [-0.2, 0) is 0 Å². The van der Waals surface area contributed by atoms with Gasteiger partial charge in [-0.1, -0.05) is 24.3 Å². The van der Waals surface area contributed by atoms with Gasteiger partial charge in [0.25, 0.3) is 11.8 Å². The summed E-state index contributed by atoms with van der Waals surface area (Å²) in [7, 11) is 0. The highest BCUT2D eigenvalue weighted by atomic mass is 16.5. The number of carbonyl (C=O) groups excluding carboxylic acids is 2. The molecule has 0 aliphatic rings. The summed E-state index contributed by atoms with van der Waals surface area (Å²) < 4.78 is 6.99. The molecule has 122 valence electrons. The Morgan fingerprint density at radius 2 is 1.88 bits per heavy atom. The average molecular weight is 322 g/mol. The highest BCUT2D eigenvalue weighted by Gasteiger charge is 2.22. The van der Waals surface area contributed by atoms with Crippen LogP contribution in [0.25, 0.3) is 10.9 Å². The number of para-hydroxylation sites is 1. The lowest BCUT2D eigenvalue weighted by Gasteiger charge is -2.09. The Kier molecular flexibility index (Phi) is 4.08. The van der Waals surface area contributed by atoms with E-state index < -0.39 is 5.91 Å². The van der Waals surface area contributed by atoms with Crippen molar-refractivity contribution in [2.75, 3.05) is 6.61 Å². The van der Waals surface area contributed by atoms with E-state index in [-0.39, 0.29) is 5.91 Å². The van der Waals surface area contributed by atoms with Gasteiger partial charge >= 0.3 is 0 Å². The molecule has 0 radical (unpaired) electrons. The summed E-state index contributed by atoms with van der Waals surface area (Å²) in [6.07, 6.45) is 0. The highest BCUT2D eigenvalue weighted by Crippen LogP contribution is 2.27. The molecule has 3 aromatic rings. The third kappa shape index (κ3) is 2.54. The smallest absolute Gasteiger partial charge is 0.262 e. The van der Waals surface area contributed by atoms with Gasteiger partial charge in [0.15, 0.2) is 0 Å². The van der Waals surface area contributed by atoms with E-state index in [0.29, 0.717) is 40.1 Å². The van der Waals surface area contributed by atoms with Crippen molar-refractivity contribution < 1.29 is 14.3 Å². The van der Waals surface area contributed by atoms with Crippen LogP contribution in [0, 0.1) is 6.92 Å². The number of hydrogen-bond donors (Lipinski definition) is 1. The molecular formula is C19H18N2O3. The third-order valence-corrected chi connectivity index (χ3v) is 3.95. The van der Waals surface area contributed by atoms with Crippen molar-refractivity contribution in [3.8, 4) is 5.75 Å². The van der Waals surface area contributed by atoms with Crippen molar-refractivity contribution in [2.45, 2.75) is 13.8 Å². The Morgan fingerprint density at radius 1 is 1.12 bits per heavy atom. The molecule has 1 amide bonds. The Hall–Kier alpha value is -3.08. The van der Waals surface area contributed by atoms with Gasteiger partial charge < -0.3 is 10.5 Å². The minimum Gasteiger partial charge on any atom is -0.494 e. The number of rotatable bonds is 4. The zero-order valence-corrected chi connectivity index (χ0v) is 13.6. The maximum Gasteiger partial charge on any atom is 0.262 e. The van der Waals surface area contributed by atoms with Crippen LogP contribution in [0.3, 0.4) is 0 Å². The zero-order chi connectivity index (χ0) is 17.3. The van der Waals surface area contributed by atoms with Crippen molar-refractivity contribution in [3.05, 3.63) is 65.4 Å². The number of benzene rings is 2. The van der Waals surface area contributed by atoms with Gasteiger partial charge in [-0.2, -0.15) is 0 Å². The summed E-state index contributed by atoms with van der Waals surface area (Å²) in [5, 5.41) is 0.678. The van der Waals surface area contributed by atoms with E-state index in [4.69, 9.17) is 10.5 Å². The molecule has 1 heterocycles. The van der Waals surface area contributed by atoms with Crippen LogP contribution in [0.5, 0.6) is 5.75 Å². The number of ether oxygens (including phenoxy) is 1. The van der Waals surface area contributed by atoms with Crippen LogP contribution >= 0.6 is 0 Å². The van der Waals surface area contributed by atoms with E-state index in [1.807, 2.05) is 19.1 Å². The lowest BCUT2D eigenvalue weighted by atomic mass is 10.1. The monoisotopic (exact) mass is 322 g/mol. The second-order valence-electron chi connectivity index (χ2n) is 5.44. The Morgan fingerprint density at radius 3 is 2.58 bits per heavy atom. The number of carbonyl (C=O) groups is 2. The number of hydrogen-bond acceptors (Lipinski definition) is 3. The Bertz CT molecular complexity index is 941. The predicted octanol–water partition coefficient (Wildman–Crippen LogP) is 3.14. The van der Waals surface area contributed by atoms with E-state index in [9.17, 15) is 9.59 Å². The first-order chi connectivity index (χ1) is 11.5. The fourth-order valence-corrected chi connectivity index (χ4v) is 2.95. The summed E-state index contributed by atoms with van der Waals surface area (Å²) >= 11 is 0. The molecule has 24 heavy (non-hydrogen) atoms. The van der Waals surface area contributed by atoms with E-state index in [1.165, 1.54) is 4.57 Å². The number of amides is 1. The molecule has 0 unspecified atom stereocenters. The largest absolute Gasteiger partial charge is 0.494 e. The van der Waals surface area contributed by atoms with Crippen molar-refractivity contribution in [1.29, 1.82) is 0 Å². The van der Waals surface area contributed by atoms with Crippen LogP contribution in [0.15, 0.2) is 48.5 Å². The molecule has 0 saturated heterocycles. The molecule has 0 aliphatic heterocycles. The average Bonchev–Trinajstić information content (AvgIpc) is 2.86. The fourth-order valence-electron chi connectivity index (χ4n) is 2.95. The molecule has 3 rings (SSSR count). The van der Waals surface area contributed by atoms with Gasteiger partial charge in [0.05, 0.1) is 17.7 Å². The molecule has 2 aromatic carbocycles. The minimum absolute atomic E-state index is 0.224. The van der Waals surface area contributed by atoms with Crippen molar-refractivity contribution in [3.63, 3.8) is 0 Å².